The molecule has 0 saturated heterocycles. The molecule has 0 heterocycles. The molecule has 40 heavy (non-hydrogen) atoms. The van der Waals surface area contributed by atoms with Gasteiger partial charge in [0.2, 0.25) is 0 Å². The number of hydrogen-bond acceptors (Lipinski definition) is 0. The average Bonchev–Trinajstić information content (AvgIpc) is 2.86. The summed E-state index contributed by atoms with van der Waals surface area (Å²) < 4.78 is 0. The largest absolute Gasteiger partial charge is 0.0856 e. The van der Waals surface area contributed by atoms with Crippen LogP contribution in [0.1, 0.15) is 94.9 Å². The highest BCUT2D eigenvalue weighted by Gasteiger charge is 1.88. The van der Waals surface area contributed by atoms with Crippen molar-refractivity contribution in [2.45, 2.75) is 94.9 Å². The summed E-state index contributed by atoms with van der Waals surface area (Å²) in [6.45, 7) is 21.5. The second-order valence-corrected chi connectivity index (χ2v) is 11.1. The molecule has 0 aromatic heterocycles. The SMILES string of the molecule is CC(C)=CCC\C(C)=C/C=C/C(C)=C\C=C\C(C)=C/C=C/C=C(C)/C=C/C=C(C)/C=C/C=C(/C)CCC=C(C)C. The monoisotopic (exact) mass is 536 g/mol. The van der Waals surface area contributed by atoms with Crippen LogP contribution in [0.25, 0.3) is 0 Å². The molecule has 0 unspecified atom stereocenters. The zero-order chi connectivity index (χ0) is 30.2. The maximum atomic E-state index is 2.30. The molecule has 0 aliphatic rings. The highest BCUT2D eigenvalue weighted by atomic mass is 13.9. The summed E-state index contributed by atoms with van der Waals surface area (Å²) in [6.07, 6.45) is 43.3. The van der Waals surface area contributed by atoms with Crippen molar-refractivity contribution < 1.29 is 0 Å². The third-order valence-electron chi connectivity index (χ3n) is 5.93. The normalized spacial score (nSPS) is 15.1. The second kappa shape index (κ2) is 23.5. The standard InChI is InChI=1S/C40H56/c1-33(2)19-13-23-37(7)27-17-31-39(9)29-15-25-35(5)21-11-12-22-36(6)26-16-30-40(10)32-18-28-38(8)24-14-20-34(3)4/h11-12,15-22,25-32H,13-14,23-24H2,1-10H3/b12-11+,25-15+,26-16+,31-17+,32-18+,35-21-,36-22+,37-27-,38-28-,39-29-,40-30+. The molecule has 0 heteroatoms. The van der Waals surface area contributed by atoms with Gasteiger partial charge in [0.15, 0.2) is 0 Å². The third-order valence-corrected chi connectivity index (χ3v) is 5.93. The molecular weight excluding hydrogens is 480 g/mol. The van der Waals surface area contributed by atoms with Gasteiger partial charge in [0, 0.05) is 0 Å². The maximum Gasteiger partial charge on any atom is -0.0285 e. The van der Waals surface area contributed by atoms with Crippen LogP contribution < -0.4 is 0 Å². The topological polar surface area (TPSA) is 0 Å². The van der Waals surface area contributed by atoms with E-state index in [9.17, 15) is 0 Å². The lowest BCUT2D eigenvalue weighted by Gasteiger charge is -1.96. The van der Waals surface area contributed by atoms with Crippen LogP contribution >= 0.6 is 0 Å². The predicted octanol–water partition coefficient (Wildman–Crippen LogP) is 12.9. The van der Waals surface area contributed by atoms with Gasteiger partial charge in [0.25, 0.3) is 0 Å². The predicted molar refractivity (Wildman–Crippen MR) is 186 cm³/mol. The Morgan fingerprint density at radius 3 is 0.925 bits per heavy atom. The van der Waals surface area contributed by atoms with Gasteiger partial charge in [-0.25, -0.2) is 0 Å². The van der Waals surface area contributed by atoms with Gasteiger partial charge in [0.1, 0.15) is 0 Å². The van der Waals surface area contributed by atoms with Crippen LogP contribution in [0.3, 0.4) is 0 Å². The van der Waals surface area contributed by atoms with E-state index in [0.717, 1.165) is 25.7 Å². The van der Waals surface area contributed by atoms with E-state index >= 15 is 0 Å². The van der Waals surface area contributed by atoms with Crippen molar-refractivity contribution in [2.24, 2.45) is 0 Å². The highest BCUT2D eigenvalue weighted by molar-refractivity contribution is 5.32. The van der Waals surface area contributed by atoms with Crippen molar-refractivity contribution in [2.75, 3.05) is 0 Å². The highest BCUT2D eigenvalue weighted by Crippen LogP contribution is 2.09. The lowest BCUT2D eigenvalue weighted by Crippen LogP contribution is -1.76. The van der Waals surface area contributed by atoms with Gasteiger partial charge in [-0.05, 0) is 94.9 Å². The van der Waals surface area contributed by atoms with Gasteiger partial charge in [-0.3, -0.25) is 0 Å². The molecule has 216 valence electrons. The molecule has 0 aromatic carbocycles. The smallest absolute Gasteiger partial charge is 0.0285 e. The zero-order valence-corrected chi connectivity index (χ0v) is 27.2. The van der Waals surface area contributed by atoms with Gasteiger partial charge in [-0.15, -0.1) is 0 Å². The number of rotatable bonds is 16. The van der Waals surface area contributed by atoms with Gasteiger partial charge in [-0.1, -0.05) is 154 Å². The van der Waals surface area contributed by atoms with Crippen molar-refractivity contribution in [3.63, 3.8) is 0 Å². The molecule has 0 aromatic rings. The molecule has 0 rings (SSSR count). The Labute approximate surface area is 248 Å². The Balaban J connectivity index is 4.70. The van der Waals surface area contributed by atoms with Gasteiger partial charge in [-0.2, -0.15) is 0 Å². The van der Waals surface area contributed by atoms with Crippen molar-refractivity contribution >= 4 is 0 Å². The fourth-order valence-electron chi connectivity index (χ4n) is 3.41. The lowest BCUT2D eigenvalue weighted by atomic mass is 10.1. The summed E-state index contributed by atoms with van der Waals surface area (Å²) in [7, 11) is 0. The summed E-state index contributed by atoms with van der Waals surface area (Å²) in [4.78, 5) is 0. The second-order valence-electron chi connectivity index (χ2n) is 11.1. The van der Waals surface area contributed by atoms with Crippen LogP contribution in [0, 0.1) is 0 Å². The molecule has 0 aliphatic carbocycles. The molecule has 0 spiro atoms. The van der Waals surface area contributed by atoms with Gasteiger partial charge >= 0.3 is 0 Å². The first-order chi connectivity index (χ1) is 19.0. The molecule has 0 fully saturated rings. The lowest BCUT2D eigenvalue weighted by molar-refractivity contribution is 0.967. The first kappa shape index (κ1) is 36.6. The molecule has 0 bridgehead atoms. The molecule has 0 amide bonds. The first-order valence-electron chi connectivity index (χ1n) is 14.7. The fraction of sp³-hybridized carbons (Fsp3) is 0.350. The molecule has 0 saturated carbocycles. The molecule has 0 aliphatic heterocycles. The van der Waals surface area contributed by atoms with E-state index in [2.05, 4.69) is 179 Å². The summed E-state index contributed by atoms with van der Waals surface area (Å²) in [5.41, 5.74) is 10.5. The Hall–Kier alpha value is -3.38. The van der Waals surface area contributed by atoms with Crippen LogP contribution in [-0.4, -0.2) is 0 Å². The van der Waals surface area contributed by atoms with Crippen LogP contribution in [0.4, 0.5) is 0 Å². The first-order valence-corrected chi connectivity index (χ1v) is 14.7. The Morgan fingerprint density at radius 1 is 0.350 bits per heavy atom. The molecule has 0 atom stereocenters. The van der Waals surface area contributed by atoms with Crippen LogP contribution in [0.15, 0.2) is 154 Å². The van der Waals surface area contributed by atoms with E-state index in [4.69, 9.17) is 0 Å². The minimum absolute atomic E-state index is 1.12. The quantitative estimate of drug-likeness (QED) is 0.136. The third kappa shape index (κ3) is 24.9. The molecule has 0 N–H and O–H groups in total. The van der Waals surface area contributed by atoms with Crippen LogP contribution in [0.2, 0.25) is 0 Å². The summed E-state index contributed by atoms with van der Waals surface area (Å²) in [6, 6.07) is 0. The summed E-state index contributed by atoms with van der Waals surface area (Å²) in [5, 5.41) is 0. The Morgan fingerprint density at radius 2 is 0.625 bits per heavy atom. The van der Waals surface area contributed by atoms with E-state index in [-0.39, 0.29) is 0 Å². The Bertz CT molecular complexity index is 1050. The van der Waals surface area contributed by atoms with E-state index in [1.165, 1.54) is 44.6 Å². The van der Waals surface area contributed by atoms with Crippen molar-refractivity contribution in [1.82, 2.24) is 0 Å². The minimum Gasteiger partial charge on any atom is -0.0856 e. The molecule has 0 nitrogen and oxygen atoms in total. The van der Waals surface area contributed by atoms with E-state index < -0.39 is 0 Å². The van der Waals surface area contributed by atoms with E-state index in [0.29, 0.717) is 0 Å². The maximum absolute atomic E-state index is 2.30. The van der Waals surface area contributed by atoms with Crippen molar-refractivity contribution in [3.8, 4) is 0 Å². The zero-order valence-electron chi connectivity index (χ0n) is 27.2. The summed E-state index contributed by atoms with van der Waals surface area (Å²) >= 11 is 0. The molecular formula is C40H56. The van der Waals surface area contributed by atoms with E-state index in [1.54, 1.807) is 0 Å². The molecule has 0 radical (unpaired) electrons. The van der Waals surface area contributed by atoms with Gasteiger partial charge < -0.3 is 0 Å². The van der Waals surface area contributed by atoms with Crippen LogP contribution in [0.5, 0.6) is 0 Å². The fourth-order valence-corrected chi connectivity index (χ4v) is 3.41. The van der Waals surface area contributed by atoms with Gasteiger partial charge in [0.05, 0.1) is 0 Å². The summed E-state index contributed by atoms with van der Waals surface area (Å²) in [5.74, 6) is 0. The van der Waals surface area contributed by atoms with E-state index in [1.807, 2.05) is 0 Å². The average molecular weight is 537 g/mol. The minimum atomic E-state index is 1.12. The Kier molecular flexibility index (Phi) is 21.5. The number of hydrogen-bond donors (Lipinski definition) is 0. The van der Waals surface area contributed by atoms with Crippen molar-refractivity contribution in [1.29, 1.82) is 0 Å². The van der Waals surface area contributed by atoms with Crippen molar-refractivity contribution in [3.05, 3.63) is 154 Å². The number of allylic oxidation sites excluding steroid dienone is 26. The van der Waals surface area contributed by atoms with Crippen LogP contribution in [-0.2, 0) is 0 Å².